The highest BCUT2D eigenvalue weighted by Crippen LogP contribution is 2.35. The fourth-order valence-electron chi connectivity index (χ4n) is 1.17. The zero-order valence-electron chi connectivity index (χ0n) is 7.66. The van der Waals surface area contributed by atoms with E-state index in [1.807, 2.05) is 0 Å². The van der Waals surface area contributed by atoms with Crippen LogP contribution in [-0.2, 0) is 0 Å². The van der Waals surface area contributed by atoms with Crippen molar-refractivity contribution in [2.24, 2.45) is 0 Å². The van der Waals surface area contributed by atoms with Gasteiger partial charge in [-0.05, 0) is 40.7 Å². The molecule has 1 rings (SSSR count). The van der Waals surface area contributed by atoms with Crippen molar-refractivity contribution < 1.29 is 15.3 Å². The molecule has 0 fully saturated rings. The number of phenols is 2. The third-order valence-corrected chi connectivity index (χ3v) is 2.60. The van der Waals surface area contributed by atoms with E-state index in [0.717, 1.165) is 0 Å². The predicted molar refractivity (Wildman–Crippen MR) is 56.4 cm³/mol. The van der Waals surface area contributed by atoms with Crippen LogP contribution in [0, 0.1) is 0 Å². The summed E-state index contributed by atoms with van der Waals surface area (Å²) in [7, 11) is 1.71. The summed E-state index contributed by atoms with van der Waals surface area (Å²) in [5.74, 6) is -0.399. The van der Waals surface area contributed by atoms with E-state index < -0.39 is 0 Å². The minimum absolute atomic E-state index is 0.0762. The van der Waals surface area contributed by atoms with E-state index in [9.17, 15) is 10.2 Å². The van der Waals surface area contributed by atoms with Crippen LogP contribution in [0.5, 0.6) is 11.5 Å². The van der Waals surface area contributed by atoms with Gasteiger partial charge in [-0.1, -0.05) is 0 Å². The average molecular weight is 262 g/mol. The summed E-state index contributed by atoms with van der Waals surface area (Å²) >= 11 is 3.10. The number of halogens is 1. The van der Waals surface area contributed by atoms with Crippen LogP contribution in [-0.4, -0.2) is 29.0 Å². The van der Waals surface area contributed by atoms with Crippen LogP contribution in [0.25, 0.3) is 0 Å². The summed E-state index contributed by atoms with van der Waals surface area (Å²) in [6, 6.07) is 2.81. The van der Waals surface area contributed by atoms with Crippen LogP contribution in [0.2, 0.25) is 0 Å². The summed E-state index contributed by atoms with van der Waals surface area (Å²) in [6.07, 6.45) is 0. The van der Waals surface area contributed by atoms with Gasteiger partial charge in [0.2, 0.25) is 0 Å². The van der Waals surface area contributed by atoms with Crippen LogP contribution in [0.3, 0.4) is 0 Å². The Hall–Kier alpha value is -0.780. The third kappa shape index (κ3) is 2.17. The summed E-state index contributed by atoms with van der Waals surface area (Å²) in [6.45, 7) is -0.0762. The van der Waals surface area contributed by atoms with Crippen molar-refractivity contribution in [3.05, 3.63) is 22.2 Å². The van der Waals surface area contributed by atoms with Crippen LogP contribution in [0.1, 0.15) is 11.6 Å². The molecule has 14 heavy (non-hydrogen) atoms. The van der Waals surface area contributed by atoms with Crippen molar-refractivity contribution in [3.63, 3.8) is 0 Å². The molecule has 0 aliphatic heterocycles. The van der Waals surface area contributed by atoms with E-state index in [2.05, 4.69) is 21.2 Å². The Labute approximate surface area is 90.3 Å². The molecular weight excluding hydrogens is 250 g/mol. The number of hydrogen-bond acceptors (Lipinski definition) is 4. The molecule has 1 aromatic rings. The first-order chi connectivity index (χ1) is 6.60. The Morgan fingerprint density at radius 3 is 2.50 bits per heavy atom. The number of phenolic OH excluding ortho intramolecular Hbond substituents is 2. The van der Waals surface area contributed by atoms with Crippen molar-refractivity contribution in [2.75, 3.05) is 13.7 Å². The maximum atomic E-state index is 9.33. The van der Waals surface area contributed by atoms with Gasteiger partial charge in [0.25, 0.3) is 0 Å². The summed E-state index contributed by atoms with van der Waals surface area (Å²) in [5.41, 5.74) is 0.706. The van der Waals surface area contributed by atoms with E-state index in [0.29, 0.717) is 10.0 Å². The number of aromatic hydroxyl groups is 2. The molecule has 4 nitrogen and oxygen atoms in total. The molecule has 1 aromatic carbocycles. The number of nitrogens with one attached hydrogen (secondary N) is 1. The molecule has 0 aliphatic carbocycles. The second-order valence-electron chi connectivity index (χ2n) is 2.89. The first-order valence-corrected chi connectivity index (χ1v) is 4.89. The van der Waals surface area contributed by atoms with Crippen molar-refractivity contribution in [3.8, 4) is 11.5 Å². The molecule has 0 spiro atoms. The molecule has 0 heterocycles. The van der Waals surface area contributed by atoms with Gasteiger partial charge in [-0.2, -0.15) is 0 Å². The molecule has 78 valence electrons. The van der Waals surface area contributed by atoms with Crippen molar-refractivity contribution in [1.29, 1.82) is 0 Å². The first-order valence-electron chi connectivity index (χ1n) is 4.09. The Bertz CT molecular complexity index is 303. The first kappa shape index (κ1) is 11.3. The van der Waals surface area contributed by atoms with Crippen LogP contribution in [0.4, 0.5) is 0 Å². The minimum Gasteiger partial charge on any atom is -0.504 e. The molecule has 0 saturated heterocycles. The van der Waals surface area contributed by atoms with Crippen molar-refractivity contribution in [1.82, 2.24) is 5.32 Å². The monoisotopic (exact) mass is 261 g/mol. The third-order valence-electron chi connectivity index (χ3n) is 2.00. The summed E-state index contributed by atoms with van der Waals surface area (Å²) in [4.78, 5) is 0. The lowest BCUT2D eigenvalue weighted by atomic mass is 10.1. The molecule has 0 aliphatic rings. The van der Waals surface area contributed by atoms with Gasteiger partial charge in [-0.15, -0.1) is 0 Å². The van der Waals surface area contributed by atoms with E-state index in [1.54, 1.807) is 13.1 Å². The number of likely N-dealkylation sites (N-methyl/N-ethyl adjacent to an activating group) is 1. The lowest BCUT2D eigenvalue weighted by molar-refractivity contribution is 0.250. The van der Waals surface area contributed by atoms with Gasteiger partial charge >= 0.3 is 0 Å². The normalized spacial score (nSPS) is 12.8. The second-order valence-corrected chi connectivity index (χ2v) is 3.75. The Balaban J connectivity index is 3.11. The van der Waals surface area contributed by atoms with Gasteiger partial charge in [0.15, 0.2) is 11.5 Å². The largest absolute Gasteiger partial charge is 0.504 e. The molecule has 1 atom stereocenters. The fourth-order valence-corrected chi connectivity index (χ4v) is 1.64. The quantitative estimate of drug-likeness (QED) is 0.616. The van der Waals surface area contributed by atoms with Crippen molar-refractivity contribution >= 4 is 15.9 Å². The van der Waals surface area contributed by atoms with Gasteiger partial charge in [0, 0.05) is 0 Å². The zero-order valence-corrected chi connectivity index (χ0v) is 9.24. The second kappa shape index (κ2) is 4.63. The van der Waals surface area contributed by atoms with Gasteiger partial charge in [0.05, 0.1) is 17.1 Å². The lowest BCUT2D eigenvalue weighted by Crippen LogP contribution is -2.19. The van der Waals surface area contributed by atoms with Gasteiger partial charge in [0.1, 0.15) is 0 Å². The van der Waals surface area contributed by atoms with Gasteiger partial charge in [-0.3, -0.25) is 0 Å². The zero-order chi connectivity index (χ0) is 10.7. The average Bonchev–Trinajstić information content (AvgIpc) is 2.16. The van der Waals surface area contributed by atoms with Crippen LogP contribution < -0.4 is 5.32 Å². The maximum absolute atomic E-state index is 9.33. The number of rotatable bonds is 3. The number of aliphatic hydroxyl groups excluding tert-OH is 1. The van der Waals surface area contributed by atoms with Crippen molar-refractivity contribution in [2.45, 2.75) is 6.04 Å². The predicted octanol–water partition coefficient (Wildman–Crippen LogP) is 1.11. The highest BCUT2D eigenvalue weighted by atomic mass is 79.9. The van der Waals surface area contributed by atoms with Gasteiger partial charge < -0.3 is 20.6 Å². The standard InChI is InChI=1S/C9H12BrNO3/c1-11-7(4-12)5-2-6(10)9(14)8(13)3-5/h2-3,7,11-14H,4H2,1H3. The number of aliphatic hydroxyl groups is 1. The SMILES string of the molecule is CNC(CO)c1cc(O)c(O)c(Br)c1. The molecule has 0 aromatic heterocycles. The van der Waals surface area contributed by atoms with E-state index in [4.69, 9.17) is 5.11 Å². The molecule has 0 saturated carbocycles. The molecular formula is C9H12BrNO3. The van der Waals surface area contributed by atoms with E-state index in [-0.39, 0.29) is 24.1 Å². The van der Waals surface area contributed by atoms with E-state index >= 15 is 0 Å². The highest BCUT2D eigenvalue weighted by Gasteiger charge is 2.13. The Morgan fingerprint density at radius 1 is 1.43 bits per heavy atom. The molecule has 0 bridgehead atoms. The fraction of sp³-hybridized carbons (Fsp3) is 0.333. The summed E-state index contributed by atoms with van der Waals surface area (Å²) < 4.78 is 0.404. The van der Waals surface area contributed by atoms with Crippen LogP contribution >= 0.6 is 15.9 Å². The molecule has 1 unspecified atom stereocenters. The minimum atomic E-state index is -0.252. The maximum Gasteiger partial charge on any atom is 0.171 e. The topological polar surface area (TPSA) is 72.7 Å². The Morgan fingerprint density at radius 2 is 2.07 bits per heavy atom. The molecule has 4 N–H and O–H groups in total. The number of hydrogen-bond donors (Lipinski definition) is 4. The smallest absolute Gasteiger partial charge is 0.171 e. The molecule has 0 amide bonds. The Kier molecular flexibility index (Phi) is 3.74. The van der Waals surface area contributed by atoms with E-state index in [1.165, 1.54) is 6.07 Å². The lowest BCUT2D eigenvalue weighted by Gasteiger charge is -2.14. The highest BCUT2D eigenvalue weighted by molar-refractivity contribution is 9.10. The van der Waals surface area contributed by atoms with Crippen LogP contribution in [0.15, 0.2) is 16.6 Å². The van der Waals surface area contributed by atoms with Gasteiger partial charge in [-0.25, -0.2) is 0 Å². The summed E-state index contributed by atoms with van der Waals surface area (Å²) in [5, 5.41) is 30.5. The number of benzene rings is 1. The molecule has 5 heteroatoms. The molecule has 0 radical (unpaired) electrons.